The minimum Gasteiger partial charge on any atom is -0.435 e. The maximum atomic E-state index is 12.4. The summed E-state index contributed by atoms with van der Waals surface area (Å²) >= 11 is 0. The van der Waals surface area contributed by atoms with E-state index in [-0.39, 0.29) is 42.2 Å². The second-order valence-electron chi connectivity index (χ2n) is 7.97. The smallest absolute Gasteiger partial charge is 0.387 e. The maximum absolute atomic E-state index is 12.4. The number of hydrogen-bond donors (Lipinski definition) is 2. The lowest BCUT2D eigenvalue weighted by atomic mass is 9.97. The number of aliphatic hydroxyl groups excluding tert-OH is 1. The molecular formula is C23H25F2N3O4. The van der Waals surface area contributed by atoms with E-state index in [0.29, 0.717) is 18.5 Å². The van der Waals surface area contributed by atoms with Crippen LogP contribution in [0.5, 0.6) is 5.75 Å². The summed E-state index contributed by atoms with van der Waals surface area (Å²) in [6.07, 6.45) is 1.24. The van der Waals surface area contributed by atoms with Gasteiger partial charge < -0.3 is 19.6 Å². The number of fused-ring (bicyclic) bond motifs is 3. The Hall–Kier alpha value is -3.04. The molecule has 1 fully saturated rings. The Morgan fingerprint density at radius 1 is 1.25 bits per heavy atom. The van der Waals surface area contributed by atoms with E-state index in [2.05, 4.69) is 9.73 Å². The molecule has 4 rings (SSSR count). The Morgan fingerprint density at radius 3 is 2.66 bits per heavy atom. The van der Waals surface area contributed by atoms with E-state index in [4.69, 9.17) is 10.7 Å². The van der Waals surface area contributed by atoms with Gasteiger partial charge in [0, 0.05) is 18.5 Å². The summed E-state index contributed by atoms with van der Waals surface area (Å²) in [5, 5.41) is 9.37. The molecule has 3 unspecified atom stereocenters. The van der Waals surface area contributed by atoms with Crippen molar-refractivity contribution in [3.05, 3.63) is 64.7 Å². The van der Waals surface area contributed by atoms with Crippen molar-refractivity contribution >= 4 is 11.8 Å². The Kier molecular flexibility index (Phi) is 6.38. The zero-order chi connectivity index (χ0) is 22.8. The first-order valence-electron chi connectivity index (χ1n) is 10.4. The second-order valence-corrected chi connectivity index (χ2v) is 7.97. The number of halogens is 2. The fraction of sp³-hybridized carbons (Fsp3) is 0.391. The van der Waals surface area contributed by atoms with Gasteiger partial charge in [0.05, 0.1) is 18.7 Å². The zero-order valence-electron chi connectivity index (χ0n) is 17.6. The van der Waals surface area contributed by atoms with Crippen molar-refractivity contribution in [1.29, 1.82) is 0 Å². The molecule has 3 N–H and O–H groups in total. The molecule has 170 valence electrons. The van der Waals surface area contributed by atoms with Gasteiger partial charge in [0.1, 0.15) is 5.75 Å². The summed E-state index contributed by atoms with van der Waals surface area (Å²) in [6.45, 7) is -0.715. The Balaban J connectivity index is 1.60. The molecule has 9 heteroatoms. The molecular weight excluding hydrogens is 420 g/mol. The highest BCUT2D eigenvalue weighted by molar-refractivity contribution is 5.94. The molecule has 32 heavy (non-hydrogen) atoms. The van der Waals surface area contributed by atoms with Gasteiger partial charge in [-0.3, -0.25) is 4.79 Å². The molecule has 1 aliphatic heterocycles. The Morgan fingerprint density at radius 2 is 2.00 bits per heavy atom. The predicted molar refractivity (Wildman–Crippen MR) is 113 cm³/mol. The van der Waals surface area contributed by atoms with Crippen molar-refractivity contribution in [2.75, 3.05) is 13.2 Å². The summed E-state index contributed by atoms with van der Waals surface area (Å²) in [5.74, 6) is 5.93. The number of nitrogens with zero attached hydrogens (tertiary/aromatic N) is 2. The third-order valence-corrected chi connectivity index (χ3v) is 6.11. The van der Waals surface area contributed by atoms with Crippen LogP contribution in [0.25, 0.3) is 0 Å². The van der Waals surface area contributed by atoms with Crippen LogP contribution in [0.3, 0.4) is 0 Å². The molecule has 0 aromatic heterocycles. The minimum atomic E-state index is -2.90. The topological polar surface area (TPSA) is 97.4 Å². The van der Waals surface area contributed by atoms with Crippen LogP contribution in [0.1, 0.15) is 47.7 Å². The van der Waals surface area contributed by atoms with Gasteiger partial charge in [-0.15, -0.1) is 0 Å². The number of carbonyl (C=O) groups excluding carboxylic acids is 1. The molecule has 2 aromatic rings. The number of likely N-dealkylation sites (tertiary alicyclic amines) is 1. The van der Waals surface area contributed by atoms with Crippen LogP contribution in [-0.2, 0) is 16.1 Å². The standard InChI is InChI=1S/C23H25F2N3O4/c1-13(27-22(32-26)14-5-7-16(8-6-14)31-23(24)25)17-3-2-4-18-19(17)11-15-12-20(30)28(9-10-29)21(15)18/h2-8,13,15,21,23,29H,9-12,26H2,1H3. The number of benzene rings is 2. The van der Waals surface area contributed by atoms with Gasteiger partial charge in [-0.1, -0.05) is 18.2 Å². The summed E-state index contributed by atoms with van der Waals surface area (Å²) in [4.78, 5) is 23.7. The fourth-order valence-corrected chi connectivity index (χ4v) is 4.83. The van der Waals surface area contributed by atoms with Crippen LogP contribution in [0, 0.1) is 5.92 Å². The van der Waals surface area contributed by atoms with Gasteiger partial charge in [0.2, 0.25) is 11.8 Å². The van der Waals surface area contributed by atoms with Crippen LogP contribution in [0.15, 0.2) is 47.5 Å². The van der Waals surface area contributed by atoms with Gasteiger partial charge in [-0.05, 0) is 60.2 Å². The molecule has 1 saturated heterocycles. The van der Waals surface area contributed by atoms with Crippen molar-refractivity contribution in [2.45, 2.75) is 38.5 Å². The predicted octanol–water partition coefficient (Wildman–Crippen LogP) is 3.12. The third-order valence-electron chi connectivity index (χ3n) is 6.11. The second kappa shape index (κ2) is 9.22. The van der Waals surface area contributed by atoms with Crippen LogP contribution in [-0.4, -0.2) is 41.6 Å². The summed E-state index contributed by atoms with van der Waals surface area (Å²) in [7, 11) is 0. The van der Waals surface area contributed by atoms with Gasteiger partial charge in [-0.2, -0.15) is 14.7 Å². The normalized spacial score (nSPS) is 21.0. The molecule has 2 aliphatic rings. The van der Waals surface area contributed by atoms with E-state index in [1.165, 1.54) is 12.1 Å². The van der Waals surface area contributed by atoms with Crippen molar-refractivity contribution in [1.82, 2.24) is 4.90 Å². The number of amides is 1. The van der Waals surface area contributed by atoms with Crippen molar-refractivity contribution in [3.8, 4) is 5.75 Å². The highest BCUT2D eigenvalue weighted by Crippen LogP contribution is 2.48. The molecule has 0 saturated carbocycles. The maximum Gasteiger partial charge on any atom is 0.387 e. The highest BCUT2D eigenvalue weighted by atomic mass is 19.3. The number of nitrogens with two attached hydrogens (primary N) is 1. The van der Waals surface area contributed by atoms with E-state index < -0.39 is 6.61 Å². The third kappa shape index (κ3) is 4.18. The lowest BCUT2D eigenvalue weighted by Gasteiger charge is -2.24. The number of β-amino-alcohol motifs (C(OH)–C–C–N with tert-alkyl or cyclic N) is 1. The van der Waals surface area contributed by atoms with Gasteiger partial charge >= 0.3 is 6.61 Å². The number of aliphatic hydroxyl groups is 1. The molecule has 1 aliphatic carbocycles. The highest BCUT2D eigenvalue weighted by Gasteiger charge is 2.46. The summed E-state index contributed by atoms with van der Waals surface area (Å²) < 4.78 is 29.1. The van der Waals surface area contributed by atoms with Crippen LogP contribution >= 0.6 is 0 Å². The Labute approximate surface area is 184 Å². The molecule has 0 bridgehead atoms. The van der Waals surface area contributed by atoms with Gasteiger partial charge in [0.15, 0.2) is 0 Å². The first kappa shape index (κ1) is 22.2. The lowest BCUT2D eigenvalue weighted by molar-refractivity contribution is -0.129. The molecule has 0 radical (unpaired) electrons. The van der Waals surface area contributed by atoms with E-state index in [1.54, 1.807) is 17.0 Å². The molecule has 1 heterocycles. The Bertz CT molecular complexity index is 1010. The molecule has 7 nitrogen and oxygen atoms in total. The van der Waals surface area contributed by atoms with Crippen LogP contribution in [0.2, 0.25) is 0 Å². The first-order chi connectivity index (χ1) is 15.4. The quantitative estimate of drug-likeness (QED) is 0.388. The monoisotopic (exact) mass is 445 g/mol. The first-order valence-corrected chi connectivity index (χ1v) is 10.4. The largest absolute Gasteiger partial charge is 0.435 e. The molecule has 2 aromatic carbocycles. The summed E-state index contributed by atoms with van der Waals surface area (Å²) in [5.41, 5.74) is 3.80. The number of ether oxygens (including phenoxy) is 1. The molecule has 1 amide bonds. The van der Waals surface area contributed by atoms with Crippen LogP contribution < -0.4 is 10.6 Å². The average molecular weight is 445 g/mol. The SMILES string of the molecule is CC(N=C(ON)c1ccc(OC(F)F)cc1)c1cccc2c1CC1CC(=O)N(CCO)C21. The van der Waals surface area contributed by atoms with Crippen molar-refractivity contribution < 1.29 is 28.3 Å². The number of carbonyl (C=O) groups is 1. The number of rotatable bonds is 7. The number of alkyl halides is 2. The zero-order valence-corrected chi connectivity index (χ0v) is 17.6. The molecule has 0 spiro atoms. The van der Waals surface area contributed by atoms with E-state index >= 15 is 0 Å². The van der Waals surface area contributed by atoms with E-state index in [0.717, 1.165) is 23.1 Å². The van der Waals surface area contributed by atoms with Gasteiger partial charge in [-0.25, -0.2) is 4.99 Å². The van der Waals surface area contributed by atoms with Gasteiger partial charge in [0.25, 0.3) is 0 Å². The minimum absolute atomic E-state index is 0.0200. The summed E-state index contributed by atoms with van der Waals surface area (Å²) in [6, 6.07) is 11.6. The number of hydrogen-bond acceptors (Lipinski definition) is 6. The average Bonchev–Trinajstić information content (AvgIpc) is 3.27. The van der Waals surface area contributed by atoms with Crippen molar-refractivity contribution in [2.24, 2.45) is 16.8 Å². The lowest BCUT2D eigenvalue weighted by Crippen LogP contribution is -2.30. The molecule has 3 atom stereocenters. The van der Waals surface area contributed by atoms with Crippen molar-refractivity contribution in [3.63, 3.8) is 0 Å². The van der Waals surface area contributed by atoms with E-state index in [1.807, 2.05) is 25.1 Å². The number of aliphatic imine (C=N–C) groups is 1. The fourth-order valence-electron chi connectivity index (χ4n) is 4.83. The van der Waals surface area contributed by atoms with Crippen LogP contribution in [0.4, 0.5) is 8.78 Å². The van der Waals surface area contributed by atoms with E-state index in [9.17, 15) is 18.7 Å².